The van der Waals surface area contributed by atoms with Crippen LogP contribution >= 0.6 is 24.0 Å². The summed E-state index contributed by atoms with van der Waals surface area (Å²) in [6.07, 6.45) is 0. The second-order valence-electron chi connectivity index (χ2n) is 6.74. The summed E-state index contributed by atoms with van der Waals surface area (Å²) in [6, 6.07) is 14.1. The number of hydrogen-bond acceptors (Lipinski definition) is 5. The molecule has 8 heteroatoms. The third kappa shape index (κ3) is 5.29. The lowest BCUT2D eigenvalue weighted by Crippen LogP contribution is -2.28. The number of primary amides is 1. The maximum atomic E-state index is 11.0. The van der Waals surface area contributed by atoms with Crippen LogP contribution in [0, 0.1) is 0 Å². The summed E-state index contributed by atoms with van der Waals surface area (Å²) >= 11 is 6.34. The highest BCUT2D eigenvalue weighted by molar-refractivity contribution is 6.32. The molecular formula is C20H25Cl2N3O3. The van der Waals surface area contributed by atoms with E-state index in [4.69, 9.17) is 32.5 Å². The van der Waals surface area contributed by atoms with Gasteiger partial charge in [0.15, 0.2) is 18.1 Å². The van der Waals surface area contributed by atoms with Gasteiger partial charge in [-0.2, -0.15) is 0 Å². The summed E-state index contributed by atoms with van der Waals surface area (Å²) in [5.41, 5.74) is 13.8. The van der Waals surface area contributed by atoms with Crippen LogP contribution in [0.3, 0.4) is 0 Å². The fraction of sp³-hybridized carbons (Fsp3) is 0.350. The van der Waals surface area contributed by atoms with E-state index in [9.17, 15) is 4.79 Å². The third-order valence-electron chi connectivity index (χ3n) is 4.72. The van der Waals surface area contributed by atoms with Crippen LogP contribution in [0.1, 0.15) is 17.0 Å². The average Bonchev–Trinajstić information content (AvgIpc) is 3.01. The number of halogens is 2. The molecule has 28 heavy (non-hydrogen) atoms. The number of ether oxygens (including phenoxy) is 2. The van der Waals surface area contributed by atoms with Crippen molar-refractivity contribution < 1.29 is 14.3 Å². The molecule has 0 radical (unpaired) electrons. The molecule has 3 rings (SSSR count). The molecule has 0 saturated carbocycles. The van der Waals surface area contributed by atoms with Gasteiger partial charge < -0.3 is 20.9 Å². The van der Waals surface area contributed by atoms with Crippen molar-refractivity contribution in [1.82, 2.24) is 4.90 Å². The van der Waals surface area contributed by atoms with Gasteiger partial charge in [-0.3, -0.25) is 9.69 Å². The van der Waals surface area contributed by atoms with E-state index in [2.05, 4.69) is 17.0 Å². The Morgan fingerprint density at radius 2 is 1.96 bits per heavy atom. The van der Waals surface area contributed by atoms with Gasteiger partial charge in [0, 0.05) is 31.6 Å². The molecule has 1 saturated heterocycles. The number of methoxy groups -OCH3 is 1. The molecule has 2 aromatic rings. The Bertz CT molecular complexity index is 805. The van der Waals surface area contributed by atoms with Gasteiger partial charge in [-0.1, -0.05) is 41.9 Å². The summed E-state index contributed by atoms with van der Waals surface area (Å²) < 4.78 is 10.7. The average molecular weight is 426 g/mol. The van der Waals surface area contributed by atoms with E-state index in [-0.39, 0.29) is 25.1 Å². The molecule has 1 heterocycles. The fourth-order valence-electron chi connectivity index (χ4n) is 3.50. The van der Waals surface area contributed by atoms with Crippen LogP contribution in [-0.4, -0.2) is 43.7 Å². The first-order valence-corrected chi connectivity index (χ1v) is 9.16. The lowest BCUT2D eigenvalue weighted by molar-refractivity contribution is -0.119. The number of hydrogen-bond donors (Lipinski definition) is 2. The van der Waals surface area contributed by atoms with Crippen LogP contribution in [0.4, 0.5) is 0 Å². The zero-order chi connectivity index (χ0) is 19.4. The van der Waals surface area contributed by atoms with Crippen LogP contribution in [0.2, 0.25) is 5.02 Å². The largest absolute Gasteiger partial charge is 0.493 e. The first-order chi connectivity index (χ1) is 13.0. The lowest BCUT2D eigenvalue weighted by Gasteiger charge is -2.18. The van der Waals surface area contributed by atoms with Crippen LogP contribution in [0.25, 0.3) is 0 Å². The van der Waals surface area contributed by atoms with E-state index in [0.29, 0.717) is 29.0 Å². The molecule has 0 bridgehead atoms. The van der Waals surface area contributed by atoms with Crippen molar-refractivity contribution in [1.29, 1.82) is 0 Å². The van der Waals surface area contributed by atoms with Gasteiger partial charge in [-0.25, -0.2) is 0 Å². The maximum absolute atomic E-state index is 11.0. The van der Waals surface area contributed by atoms with E-state index in [1.165, 1.54) is 12.7 Å². The van der Waals surface area contributed by atoms with Gasteiger partial charge in [0.25, 0.3) is 5.91 Å². The number of carbonyl (C=O) groups excluding carboxylic acids is 1. The van der Waals surface area contributed by atoms with Gasteiger partial charge in [0.1, 0.15) is 0 Å². The predicted molar refractivity (Wildman–Crippen MR) is 112 cm³/mol. The van der Waals surface area contributed by atoms with Gasteiger partial charge in [-0.15, -0.1) is 12.4 Å². The molecule has 2 atom stereocenters. The minimum absolute atomic E-state index is 0. The molecule has 0 spiro atoms. The minimum Gasteiger partial charge on any atom is -0.493 e. The predicted octanol–water partition coefficient (Wildman–Crippen LogP) is 2.56. The highest BCUT2D eigenvalue weighted by atomic mass is 35.5. The molecule has 1 aliphatic rings. The van der Waals surface area contributed by atoms with E-state index < -0.39 is 5.91 Å². The molecule has 4 N–H and O–H groups in total. The normalized spacial score (nSPS) is 19.1. The number of carbonyl (C=O) groups is 1. The first kappa shape index (κ1) is 22.3. The smallest absolute Gasteiger partial charge is 0.255 e. The number of nitrogens with zero attached hydrogens (tertiary/aromatic N) is 1. The zero-order valence-corrected chi connectivity index (χ0v) is 17.2. The van der Waals surface area contributed by atoms with Gasteiger partial charge >= 0.3 is 0 Å². The van der Waals surface area contributed by atoms with Crippen molar-refractivity contribution in [2.24, 2.45) is 11.5 Å². The number of amides is 1. The minimum atomic E-state index is -0.574. The van der Waals surface area contributed by atoms with Crippen LogP contribution in [-0.2, 0) is 11.3 Å². The zero-order valence-electron chi connectivity index (χ0n) is 15.6. The highest BCUT2D eigenvalue weighted by Gasteiger charge is 2.31. The summed E-state index contributed by atoms with van der Waals surface area (Å²) in [7, 11) is 1.53. The van der Waals surface area contributed by atoms with Crippen molar-refractivity contribution >= 4 is 29.9 Å². The van der Waals surface area contributed by atoms with Crippen molar-refractivity contribution in [2.75, 3.05) is 26.8 Å². The monoisotopic (exact) mass is 425 g/mol. The fourth-order valence-corrected chi connectivity index (χ4v) is 3.79. The van der Waals surface area contributed by atoms with Crippen molar-refractivity contribution in [2.45, 2.75) is 18.5 Å². The molecule has 2 aromatic carbocycles. The van der Waals surface area contributed by atoms with Gasteiger partial charge in [0.2, 0.25) is 0 Å². The molecule has 0 aromatic heterocycles. The number of rotatable bonds is 7. The van der Waals surface area contributed by atoms with Crippen molar-refractivity contribution in [3.8, 4) is 11.5 Å². The Kier molecular flexibility index (Phi) is 7.95. The van der Waals surface area contributed by atoms with Crippen LogP contribution < -0.4 is 20.9 Å². The molecule has 0 unspecified atom stereocenters. The summed E-state index contributed by atoms with van der Waals surface area (Å²) in [6.45, 7) is 2.13. The molecular weight excluding hydrogens is 401 g/mol. The molecule has 1 amide bonds. The Morgan fingerprint density at radius 3 is 2.61 bits per heavy atom. The van der Waals surface area contributed by atoms with E-state index in [0.717, 1.165) is 18.7 Å². The van der Waals surface area contributed by atoms with Gasteiger partial charge in [0.05, 0.1) is 12.1 Å². The van der Waals surface area contributed by atoms with Crippen molar-refractivity contribution in [3.05, 3.63) is 58.6 Å². The van der Waals surface area contributed by atoms with Crippen molar-refractivity contribution in [3.63, 3.8) is 0 Å². The quantitative estimate of drug-likeness (QED) is 0.710. The Balaban J connectivity index is 0.00000280. The number of nitrogens with two attached hydrogens (primary N) is 2. The number of likely N-dealkylation sites (tertiary alicyclic amines) is 1. The summed E-state index contributed by atoms with van der Waals surface area (Å²) in [5.74, 6) is 0.529. The highest BCUT2D eigenvalue weighted by Crippen LogP contribution is 2.37. The third-order valence-corrected chi connectivity index (χ3v) is 5.00. The molecule has 1 fully saturated rings. The summed E-state index contributed by atoms with van der Waals surface area (Å²) in [4.78, 5) is 13.3. The van der Waals surface area contributed by atoms with E-state index in [1.54, 1.807) is 0 Å². The second kappa shape index (κ2) is 9.98. The molecule has 152 valence electrons. The second-order valence-corrected chi connectivity index (χ2v) is 7.15. The Labute approximate surface area is 176 Å². The van der Waals surface area contributed by atoms with Gasteiger partial charge in [-0.05, 0) is 23.3 Å². The van der Waals surface area contributed by atoms with Crippen LogP contribution in [0.15, 0.2) is 42.5 Å². The molecule has 6 nitrogen and oxygen atoms in total. The lowest BCUT2D eigenvalue weighted by atomic mass is 9.95. The Morgan fingerprint density at radius 1 is 1.25 bits per heavy atom. The topological polar surface area (TPSA) is 90.8 Å². The molecule has 1 aliphatic heterocycles. The molecule has 0 aliphatic carbocycles. The SMILES string of the molecule is COc1cc(CN2C[C@@H](N)[C@H](c3ccccc3)C2)cc(Cl)c1OCC(N)=O.Cl. The summed E-state index contributed by atoms with van der Waals surface area (Å²) in [5, 5.41) is 0.383. The Hall–Kier alpha value is -1.99. The number of benzene rings is 2. The van der Waals surface area contributed by atoms with Crippen LogP contribution in [0.5, 0.6) is 11.5 Å². The van der Waals surface area contributed by atoms with E-state index in [1.807, 2.05) is 30.3 Å². The standard InChI is InChI=1S/C20H24ClN3O3.ClH/c1-26-18-8-13(7-16(21)20(18)27-12-19(23)25)9-24-10-15(17(22)11-24)14-5-3-2-4-6-14;/h2-8,15,17H,9-12,22H2,1H3,(H2,23,25);1H/t15-,17+;/m0./s1. The first-order valence-electron chi connectivity index (χ1n) is 8.78. The maximum Gasteiger partial charge on any atom is 0.255 e. The van der Waals surface area contributed by atoms with E-state index >= 15 is 0 Å².